The first kappa shape index (κ1) is 39.1. The predicted molar refractivity (Wildman–Crippen MR) is 238 cm³/mol. The Bertz CT molecular complexity index is 2680. The quantitative estimate of drug-likeness (QED) is 0.109. The van der Waals surface area contributed by atoms with Crippen molar-refractivity contribution >= 4 is 45.7 Å². The van der Waals surface area contributed by atoms with Gasteiger partial charge in [-0.2, -0.15) is 8.78 Å². The summed E-state index contributed by atoms with van der Waals surface area (Å²) in [6, 6.07) is 28.1. The van der Waals surface area contributed by atoms with Crippen LogP contribution in [0.3, 0.4) is 0 Å². The summed E-state index contributed by atoms with van der Waals surface area (Å²) in [5.74, 6) is -0.378. The van der Waals surface area contributed by atoms with E-state index in [1.54, 1.807) is 47.4 Å². The summed E-state index contributed by atoms with van der Waals surface area (Å²) in [5.41, 5.74) is 9.00. The van der Waals surface area contributed by atoms with Gasteiger partial charge >= 0.3 is 0 Å². The largest absolute Gasteiger partial charge is 0.369 e. The van der Waals surface area contributed by atoms with Gasteiger partial charge in [0.15, 0.2) is 0 Å². The monoisotopic (exact) mass is 832 g/mol. The zero-order valence-electron chi connectivity index (χ0n) is 35.1. The maximum atomic E-state index is 14.4. The molecule has 0 aliphatic carbocycles. The van der Waals surface area contributed by atoms with Gasteiger partial charge in [-0.25, -0.2) is 39.0 Å². The molecule has 0 bridgehead atoms. The van der Waals surface area contributed by atoms with Crippen LogP contribution in [0.25, 0.3) is 33.5 Å². The van der Waals surface area contributed by atoms with Gasteiger partial charge in [-0.15, -0.1) is 10.2 Å². The van der Waals surface area contributed by atoms with Crippen molar-refractivity contribution in [2.45, 2.75) is 13.8 Å². The Morgan fingerprint density at radius 1 is 0.468 bits per heavy atom. The van der Waals surface area contributed by atoms with E-state index in [1.165, 1.54) is 12.4 Å². The molecule has 2 aliphatic heterocycles. The van der Waals surface area contributed by atoms with Crippen molar-refractivity contribution in [3.8, 4) is 22.5 Å². The number of fused-ring (bicyclic) bond motifs is 2. The third-order valence-electron chi connectivity index (χ3n) is 11.9. The van der Waals surface area contributed by atoms with E-state index in [9.17, 15) is 8.78 Å². The van der Waals surface area contributed by atoms with Crippen molar-refractivity contribution in [3.05, 3.63) is 133 Å². The second-order valence-corrected chi connectivity index (χ2v) is 16.1. The molecule has 2 aromatic carbocycles. The molecule has 8 aromatic rings. The molecule has 0 saturated carbocycles. The van der Waals surface area contributed by atoms with E-state index in [2.05, 4.69) is 92.2 Å². The molecular formula is C46H46F2N14. The number of hydrazine groups is 1. The van der Waals surface area contributed by atoms with E-state index in [0.29, 0.717) is 34.2 Å². The lowest BCUT2D eigenvalue weighted by molar-refractivity contribution is 0.313. The first-order valence-corrected chi connectivity index (χ1v) is 20.8. The lowest BCUT2D eigenvalue weighted by atomic mass is 10.1. The molecule has 0 radical (unpaired) electrons. The van der Waals surface area contributed by atoms with Crippen LogP contribution in [0, 0.1) is 25.7 Å². The van der Waals surface area contributed by atoms with E-state index in [4.69, 9.17) is 20.2 Å². The van der Waals surface area contributed by atoms with Crippen LogP contribution in [-0.4, -0.2) is 115 Å². The van der Waals surface area contributed by atoms with Gasteiger partial charge in [-0.3, -0.25) is 0 Å². The van der Waals surface area contributed by atoms with Crippen LogP contribution in [0.2, 0.25) is 0 Å². The molecule has 6 aromatic heterocycles. The van der Waals surface area contributed by atoms with E-state index >= 15 is 0 Å². The van der Waals surface area contributed by atoms with Crippen LogP contribution in [0.15, 0.2) is 110 Å². The number of hydrogen-bond acceptors (Lipinski definition) is 12. The zero-order valence-corrected chi connectivity index (χ0v) is 35.1. The number of piperazine rings is 2. The highest BCUT2D eigenvalue weighted by Crippen LogP contribution is 2.37. The van der Waals surface area contributed by atoms with Crippen LogP contribution in [-0.2, 0) is 0 Å². The Morgan fingerprint density at radius 3 is 1.23 bits per heavy atom. The first-order valence-electron chi connectivity index (χ1n) is 20.8. The SMILES string of the molecule is Cc1cc(-c2ccc3cnc(N(c4ccc(N5CCN(C)CC5)cc4)N(c4ccc(N5CCN(C)CC5)cc4)c4ncc5ccc(-c6cnc(F)c(C)c6)n5n4)nn23)cnc1F. The Balaban J connectivity index is 1.16. The molecule has 10 rings (SSSR count). The van der Waals surface area contributed by atoms with Gasteiger partial charge in [0, 0.05) is 98.4 Å². The number of halogens is 2. The van der Waals surface area contributed by atoms with Crippen molar-refractivity contribution in [2.24, 2.45) is 0 Å². The molecule has 2 saturated heterocycles. The second kappa shape index (κ2) is 16.1. The fourth-order valence-corrected chi connectivity index (χ4v) is 8.19. The Hall–Kier alpha value is -7.04. The molecule has 0 spiro atoms. The van der Waals surface area contributed by atoms with E-state index in [1.807, 2.05) is 34.3 Å². The van der Waals surface area contributed by atoms with Crippen molar-refractivity contribution in [3.63, 3.8) is 0 Å². The highest BCUT2D eigenvalue weighted by Gasteiger charge is 2.29. The standard InChI is InChI=1S/C46H46F2N14/c1-31-25-33(27-49-43(31)47)41-15-13-39-29-51-45(53-59(39)41)61(37-9-5-35(6-10-37)57-21-17-55(3)18-22-57)62(38-11-7-36(8-12-38)58-23-19-56(4)20-24-58)46-52-30-40-14-16-42(60(40)54-46)34-26-32(2)44(48)50-28-34/h5-16,25-30H,17-24H2,1-4H3. The average Bonchev–Trinajstić information content (AvgIpc) is 3.92. The number of aromatic nitrogens is 8. The van der Waals surface area contributed by atoms with Crippen molar-refractivity contribution in [1.29, 1.82) is 0 Å². The smallest absolute Gasteiger partial charge is 0.267 e. The van der Waals surface area contributed by atoms with Gasteiger partial charge in [0.25, 0.3) is 11.9 Å². The normalized spacial score (nSPS) is 15.2. The minimum atomic E-state index is -0.515. The van der Waals surface area contributed by atoms with Gasteiger partial charge in [-0.05, 0) is 113 Å². The minimum absolute atomic E-state index is 0.326. The number of hydrogen-bond donors (Lipinski definition) is 0. The number of nitrogens with zero attached hydrogens (tertiary/aromatic N) is 14. The summed E-state index contributed by atoms with van der Waals surface area (Å²) in [7, 11) is 4.30. The maximum absolute atomic E-state index is 14.4. The molecule has 0 amide bonds. The van der Waals surface area contributed by atoms with Crippen molar-refractivity contribution in [2.75, 3.05) is 86.3 Å². The lowest BCUT2D eigenvalue weighted by Crippen LogP contribution is -2.44. The predicted octanol–water partition coefficient (Wildman–Crippen LogP) is 7.19. The molecule has 14 nitrogen and oxygen atoms in total. The van der Waals surface area contributed by atoms with Gasteiger partial charge in [0.2, 0.25) is 11.9 Å². The van der Waals surface area contributed by atoms with E-state index in [-0.39, 0.29) is 0 Å². The van der Waals surface area contributed by atoms with Crippen molar-refractivity contribution in [1.82, 2.24) is 49.0 Å². The molecule has 0 unspecified atom stereocenters. The zero-order chi connectivity index (χ0) is 42.5. The highest BCUT2D eigenvalue weighted by molar-refractivity contribution is 5.76. The number of rotatable bonds is 9. The van der Waals surface area contributed by atoms with Gasteiger partial charge in [-0.1, -0.05) is 0 Å². The molecule has 314 valence electrons. The Labute approximate surface area is 357 Å². The minimum Gasteiger partial charge on any atom is -0.369 e. The molecule has 0 atom stereocenters. The summed E-state index contributed by atoms with van der Waals surface area (Å²) in [4.78, 5) is 27.5. The highest BCUT2D eigenvalue weighted by atomic mass is 19.1. The second-order valence-electron chi connectivity index (χ2n) is 16.1. The number of pyridine rings is 2. The first-order chi connectivity index (χ1) is 30.2. The van der Waals surface area contributed by atoms with Crippen molar-refractivity contribution < 1.29 is 8.78 Å². The molecule has 62 heavy (non-hydrogen) atoms. The third-order valence-corrected chi connectivity index (χ3v) is 11.9. The molecule has 16 heteroatoms. The Morgan fingerprint density at radius 2 is 0.855 bits per heavy atom. The number of likely N-dealkylation sites (N-methyl/N-ethyl adjacent to an activating group) is 2. The van der Waals surface area contributed by atoms with Crippen LogP contribution < -0.4 is 19.8 Å². The Kier molecular flexibility index (Phi) is 10.2. The van der Waals surface area contributed by atoms with E-state index < -0.39 is 11.9 Å². The third kappa shape index (κ3) is 7.40. The summed E-state index contributed by atoms with van der Waals surface area (Å²) < 4.78 is 32.3. The number of aryl methyl sites for hydroxylation is 2. The number of anilines is 6. The molecule has 0 N–H and O–H groups in total. The lowest BCUT2D eigenvalue weighted by Gasteiger charge is -2.37. The van der Waals surface area contributed by atoms with Crippen LogP contribution in [0.5, 0.6) is 0 Å². The van der Waals surface area contributed by atoms with Crippen LogP contribution in [0.4, 0.5) is 43.4 Å². The molecule has 2 fully saturated rings. The maximum Gasteiger partial charge on any atom is 0.267 e. The van der Waals surface area contributed by atoms with Crippen LogP contribution >= 0.6 is 0 Å². The molecular weight excluding hydrogens is 787 g/mol. The topological polar surface area (TPSA) is 106 Å². The summed E-state index contributed by atoms with van der Waals surface area (Å²) >= 11 is 0. The molecule has 2 aliphatic rings. The van der Waals surface area contributed by atoms with E-state index in [0.717, 1.165) is 97.5 Å². The summed E-state index contributed by atoms with van der Waals surface area (Å²) in [5, 5.41) is 14.2. The molecule has 8 heterocycles. The van der Waals surface area contributed by atoms with Crippen LogP contribution in [0.1, 0.15) is 11.1 Å². The fourth-order valence-electron chi connectivity index (χ4n) is 8.19. The summed E-state index contributed by atoms with van der Waals surface area (Å²) in [6.45, 7) is 11.0. The van der Waals surface area contributed by atoms with Gasteiger partial charge in [0.1, 0.15) is 0 Å². The number of benzene rings is 2. The van der Waals surface area contributed by atoms with Gasteiger partial charge in [0.05, 0.1) is 46.2 Å². The fraction of sp³-hybridized carbons (Fsp3) is 0.261. The summed E-state index contributed by atoms with van der Waals surface area (Å²) in [6.07, 6.45) is 6.58. The average molecular weight is 833 g/mol. The van der Waals surface area contributed by atoms with Gasteiger partial charge < -0.3 is 19.6 Å².